The van der Waals surface area contributed by atoms with Crippen molar-refractivity contribution in [2.24, 2.45) is 0 Å². The monoisotopic (exact) mass is 548 g/mol. The zero-order chi connectivity index (χ0) is 28.6. The number of hydrogen-bond donors (Lipinski definition) is 0. The minimum absolute atomic E-state index is 0.0213. The lowest BCUT2D eigenvalue weighted by Gasteiger charge is -2.17. The lowest BCUT2D eigenvalue weighted by atomic mass is 9.87. The number of pyridine rings is 2. The minimum Gasteiger partial charge on any atom is -0.265 e. The van der Waals surface area contributed by atoms with Gasteiger partial charge in [0.25, 0.3) is 0 Å². The zero-order valence-corrected chi connectivity index (χ0v) is 21.6. The van der Waals surface area contributed by atoms with Crippen LogP contribution in [0.25, 0.3) is 42.4 Å². The molecule has 2 aromatic heterocycles. The number of benzene rings is 1. The summed E-state index contributed by atoms with van der Waals surface area (Å²) in [5.41, 5.74) is -0.217. The van der Waals surface area contributed by atoms with Gasteiger partial charge in [0.05, 0.1) is 5.57 Å². The Morgan fingerprint density at radius 1 is 0.850 bits per heavy atom. The van der Waals surface area contributed by atoms with E-state index >= 15 is 0 Å². The average Bonchev–Trinajstić information content (AvgIpc) is 3.47. The summed E-state index contributed by atoms with van der Waals surface area (Å²) in [5.74, 6) is -0.0964. The standard InChI is InChI=1S/C30H15F3N6S/c1-16-20(29(36-2)37-3)12-22-24(16)25(17-4-8-38-9-5-17)23-13-21(19(14-34)15-35)28(40-30(31,32)33)27(23)26(22)18-6-10-39-11-7-18/h4-11H,12-13H2,1H3. The second-order valence-corrected chi connectivity index (χ2v) is 9.96. The van der Waals surface area contributed by atoms with E-state index < -0.39 is 5.51 Å². The summed E-state index contributed by atoms with van der Waals surface area (Å²) < 4.78 is 42.2. The van der Waals surface area contributed by atoms with Gasteiger partial charge in [-0.15, -0.1) is 0 Å². The molecule has 2 heterocycles. The molecular weight excluding hydrogens is 533 g/mol. The van der Waals surface area contributed by atoms with Crippen molar-refractivity contribution in [3.05, 3.63) is 116 Å². The van der Waals surface area contributed by atoms with Gasteiger partial charge >= 0.3 is 11.3 Å². The molecule has 10 heteroatoms. The van der Waals surface area contributed by atoms with Crippen LogP contribution < -0.4 is 10.4 Å². The molecule has 0 saturated heterocycles. The highest BCUT2D eigenvalue weighted by Gasteiger charge is 2.39. The number of alkyl halides is 3. The van der Waals surface area contributed by atoms with Gasteiger partial charge in [0.1, 0.15) is 30.9 Å². The number of fused-ring (bicyclic) bond motifs is 2. The molecule has 5 rings (SSSR count). The molecule has 0 fully saturated rings. The van der Waals surface area contributed by atoms with Gasteiger partial charge in [0.2, 0.25) is 0 Å². The molecule has 0 unspecified atom stereocenters. The molecule has 0 bridgehead atoms. The van der Waals surface area contributed by atoms with Gasteiger partial charge in [-0.2, -0.15) is 33.4 Å². The Kier molecular flexibility index (Phi) is 6.74. The fourth-order valence-electron chi connectivity index (χ4n) is 5.41. The highest BCUT2D eigenvalue weighted by molar-refractivity contribution is 8.09. The number of nitrogens with zero attached hydrogens (tertiary/aromatic N) is 6. The molecule has 0 spiro atoms. The summed E-state index contributed by atoms with van der Waals surface area (Å²) in [6.45, 7) is 16.9. The first-order chi connectivity index (χ1) is 19.2. The molecule has 2 aliphatic rings. The number of halogens is 3. The Morgan fingerprint density at radius 3 is 1.80 bits per heavy atom. The van der Waals surface area contributed by atoms with Crippen molar-refractivity contribution in [2.45, 2.75) is 25.3 Å². The van der Waals surface area contributed by atoms with Gasteiger partial charge in [-0.3, -0.25) is 9.97 Å². The number of rotatable bonds is 3. The van der Waals surface area contributed by atoms with Crippen LogP contribution in [0.5, 0.6) is 0 Å². The van der Waals surface area contributed by atoms with E-state index in [1.807, 2.05) is 6.92 Å². The smallest absolute Gasteiger partial charge is 0.265 e. The summed E-state index contributed by atoms with van der Waals surface area (Å²) in [5, 5.41) is 20.4. The molecule has 0 amide bonds. The molecule has 0 atom stereocenters. The van der Waals surface area contributed by atoms with Crippen LogP contribution in [0, 0.1) is 35.8 Å². The average molecular weight is 549 g/mol. The Balaban J connectivity index is 2.12. The third-order valence-electron chi connectivity index (χ3n) is 6.91. The third kappa shape index (κ3) is 4.31. The molecule has 6 nitrogen and oxygen atoms in total. The van der Waals surface area contributed by atoms with Gasteiger partial charge in [-0.25, -0.2) is 0 Å². The SMILES string of the molecule is [C-]#[N+]C([N+]#[C-])=C1Cc2c(-c3ccncc3)c3c(c(-c4ccncc4)c2=C1C)CC(=C(C#N)C#N)C=3SC(F)(F)F. The quantitative estimate of drug-likeness (QED) is 0.303. The molecule has 0 aliphatic heterocycles. The van der Waals surface area contributed by atoms with Gasteiger partial charge in [0, 0.05) is 41.3 Å². The van der Waals surface area contributed by atoms with Crippen LogP contribution in [0.2, 0.25) is 0 Å². The minimum atomic E-state index is -4.70. The number of hydrogen-bond acceptors (Lipinski definition) is 5. The fourth-order valence-corrected chi connectivity index (χ4v) is 6.27. The predicted octanol–water partition coefficient (Wildman–Crippen LogP) is 5.85. The van der Waals surface area contributed by atoms with Crippen LogP contribution in [0.15, 0.2) is 71.6 Å². The Bertz CT molecular complexity index is 1920. The van der Waals surface area contributed by atoms with Crippen molar-refractivity contribution in [1.29, 1.82) is 10.5 Å². The van der Waals surface area contributed by atoms with Crippen molar-refractivity contribution in [2.75, 3.05) is 0 Å². The van der Waals surface area contributed by atoms with Gasteiger partial charge in [-0.1, -0.05) is 0 Å². The third-order valence-corrected chi connectivity index (χ3v) is 7.79. The molecule has 3 aromatic rings. The maximum absolute atomic E-state index is 14.1. The van der Waals surface area contributed by atoms with E-state index in [2.05, 4.69) is 19.7 Å². The first-order valence-electron chi connectivity index (χ1n) is 11.8. The zero-order valence-electron chi connectivity index (χ0n) is 20.8. The van der Waals surface area contributed by atoms with E-state index in [-0.39, 0.29) is 46.5 Å². The summed E-state index contributed by atoms with van der Waals surface area (Å²) in [6, 6.07) is 10.4. The molecule has 0 radical (unpaired) electrons. The van der Waals surface area contributed by atoms with Crippen LogP contribution in [0.4, 0.5) is 13.2 Å². The first-order valence-corrected chi connectivity index (χ1v) is 12.6. The highest BCUT2D eigenvalue weighted by Crippen LogP contribution is 2.47. The molecule has 2 aliphatic carbocycles. The van der Waals surface area contributed by atoms with E-state index in [9.17, 15) is 23.7 Å². The van der Waals surface area contributed by atoms with Crippen molar-refractivity contribution in [3.8, 4) is 34.4 Å². The lowest BCUT2D eigenvalue weighted by molar-refractivity contribution is -0.0318. The summed E-state index contributed by atoms with van der Waals surface area (Å²) in [7, 11) is 0. The van der Waals surface area contributed by atoms with Crippen molar-refractivity contribution < 1.29 is 13.2 Å². The van der Waals surface area contributed by atoms with E-state index in [4.69, 9.17) is 13.1 Å². The van der Waals surface area contributed by atoms with E-state index in [0.717, 1.165) is 5.22 Å². The number of allylic oxidation sites excluding steroid dienone is 2. The summed E-state index contributed by atoms with van der Waals surface area (Å²) in [6.07, 6.45) is 6.32. The molecule has 0 saturated carbocycles. The van der Waals surface area contributed by atoms with Gasteiger partial charge < -0.3 is 0 Å². The summed E-state index contributed by atoms with van der Waals surface area (Å²) in [4.78, 5) is 14.8. The number of thioether (sulfide) groups is 1. The van der Waals surface area contributed by atoms with E-state index in [1.54, 1.807) is 48.8 Å². The maximum Gasteiger partial charge on any atom is 0.523 e. The van der Waals surface area contributed by atoms with Crippen LogP contribution >= 0.6 is 11.8 Å². The van der Waals surface area contributed by atoms with Crippen LogP contribution in [-0.2, 0) is 12.8 Å². The lowest BCUT2D eigenvalue weighted by Crippen LogP contribution is -2.24. The fraction of sp³-hybridized carbons (Fsp3) is 0.133. The van der Waals surface area contributed by atoms with Crippen molar-refractivity contribution in [1.82, 2.24) is 9.97 Å². The molecular formula is C30H15F3N6S. The van der Waals surface area contributed by atoms with Gasteiger partial charge in [-0.05, 0) is 99.1 Å². The molecule has 40 heavy (non-hydrogen) atoms. The highest BCUT2D eigenvalue weighted by atomic mass is 32.2. The van der Waals surface area contributed by atoms with E-state index in [0.29, 0.717) is 49.7 Å². The molecule has 1 aromatic carbocycles. The Morgan fingerprint density at radius 2 is 1.32 bits per heavy atom. The van der Waals surface area contributed by atoms with Crippen molar-refractivity contribution >= 4 is 22.2 Å². The second-order valence-electron chi connectivity index (χ2n) is 8.89. The molecule has 192 valence electrons. The Labute approximate surface area is 231 Å². The number of aromatic nitrogens is 2. The largest absolute Gasteiger partial charge is 0.523 e. The van der Waals surface area contributed by atoms with Crippen LogP contribution in [-0.4, -0.2) is 15.5 Å². The predicted molar refractivity (Wildman–Crippen MR) is 144 cm³/mol. The van der Waals surface area contributed by atoms with Crippen molar-refractivity contribution in [3.63, 3.8) is 0 Å². The first kappa shape index (κ1) is 26.4. The van der Waals surface area contributed by atoms with E-state index in [1.165, 1.54) is 12.4 Å². The Hall–Kier alpha value is -5.16. The summed E-state index contributed by atoms with van der Waals surface area (Å²) >= 11 is -0.338. The van der Waals surface area contributed by atoms with Gasteiger partial charge in [0.15, 0.2) is 0 Å². The normalized spacial score (nSPS) is 13.6. The topological polar surface area (TPSA) is 82.1 Å². The second kappa shape index (κ2) is 10.2. The molecule has 0 N–H and O–H groups in total. The van der Waals surface area contributed by atoms with Crippen LogP contribution in [0.1, 0.15) is 18.1 Å². The maximum atomic E-state index is 14.1. The van der Waals surface area contributed by atoms with Crippen LogP contribution in [0.3, 0.4) is 0 Å². The number of nitriles is 2.